The molecule has 1 aromatic rings. The molecule has 0 amide bonds. The lowest BCUT2D eigenvalue weighted by atomic mass is 9.97. The van der Waals surface area contributed by atoms with Crippen LogP contribution in [0.2, 0.25) is 0 Å². The quantitative estimate of drug-likeness (QED) is 0.819. The van der Waals surface area contributed by atoms with Gasteiger partial charge in [0.25, 0.3) is 0 Å². The standard InChI is InChI=1S/C15H26N2/c1-5-12(3)17(6-2)15(13(4)16)14-10-8-7-9-11-14/h7-13,15H,5-6,16H2,1-4H3. The summed E-state index contributed by atoms with van der Waals surface area (Å²) in [6, 6.07) is 11.6. The Kier molecular flexibility index (Phi) is 5.66. The molecule has 3 atom stereocenters. The van der Waals surface area contributed by atoms with E-state index in [9.17, 15) is 0 Å². The number of nitrogens with two attached hydrogens (primary N) is 1. The minimum Gasteiger partial charge on any atom is -0.326 e. The van der Waals surface area contributed by atoms with Gasteiger partial charge < -0.3 is 5.73 Å². The lowest BCUT2D eigenvalue weighted by Gasteiger charge is -2.38. The van der Waals surface area contributed by atoms with Crippen LogP contribution in [-0.4, -0.2) is 23.5 Å². The molecule has 1 rings (SSSR count). The Morgan fingerprint density at radius 3 is 2.12 bits per heavy atom. The maximum atomic E-state index is 6.20. The van der Waals surface area contributed by atoms with Crippen molar-refractivity contribution in [2.24, 2.45) is 5.73 Å². The summed E-state index contributed by atoms with van der Waals surface area (Å²) in [6.07, 6.45) is 1.16. The molecule has 3 unspecified atom stereocenters. The first-order chi connectivity index (χ1) is 8.11. The molecule has 0 aliphatic rings. The number of hydrogen-bond donors (Lipinski definition) is 1. The third-order valence-corrected chi connectivity index (χ3v) is 3.52. The molecular formula is C15H26N2. The maximum Gasteiger partial charge on any atom is 0.0499 e. The summed E-state index contributed by atoms with van der Waals surface area (Å²) in [7, 11) is 0. The van der Waals surface area contributed by atoms with E-state index in [-0.39, 0.29) is 6.04 Å². The second kappa shape index (κ2) is 6.77. The van der Waals surface area contributed by atoms with Gasteiger partial charge in [-0.25, -0.2) is 0 Å². The summed E-state index contributed by atoms with van der Waals surface area (Å²) in [5.41, 5.74) is 7.52. The van der Waals surface area contributed by atoms with E-state index in [4.69, 9.17) is 5.73 Å². The summed E-state index contributed by atoms with van der Waals surface area (Å²) in [5.74, 6) is 0. The molecular weight excluding hydrogens is 208 g/mol. The van der Waals surface area contributed by atoms with Crippen molar-refractivity contribution >= 4 is 0 Å². The molecule has 1 aromatic carbocycles. The van der Waals surface area contributed by atoms with E-state index in [0.717, 1.165) is 13.0 Å². The number of rotatable bonds is 6. The monoisotopic (exact) mass is 234 g/mol. The first-order valence-corrected chi connectivity index (χ1v) is 6.68. The SMILES string of the molecule is CCC(C)N(CC)C(c1ccccc1)C(C)N. The molecule has 0 spiro atoms. The number of likely N-dealkylation sites (N-methyl/N-ethyl adjacent to an activating group) is 1. The molecule has 0 radical (unpaired) electrons. The van der Waals surface area contributed by atoms with Crippen LogP contribution in [0.1, 0.15) is 45.7 Å². The normalized spacial score (nSPS) is 16.8. The van der Waals surface area contributed by atoms with E-state index in [2.05, 4.69) is 62.9 Å². The van der Waals surface area contributed by atoms with Crippen LogP contribution < -0.4 is 5.73 Å². The van der Waals surface area contributed by atoms with Gasteiger partial charge in [0.05, 0.1) is 0 Å². The molecule has 0 aliphatic heterocycles. The number of benzene rings is 1. The lowest BCUT2D eigenvalue weighted by Crippen LogP contribution is -2.43. The fourth-order valence-electron chi connectivity index (χ4n) is 2.46. The van der Waals surface area contributed by atoms with E-state index in [1.807, 2.05) is 0 Å². The zero-order chi connectivity index (χ0) is 12.8. The van der Waals surface area contributed by atoms with E-state index >= 15 is 0 Å². The molecule has 2 heteroatoms. The third kappa shape index (κ3) is 3.55. The van der Waals surface area contributed by atoms with Crippen molar-refractivity contribution in [3.8, 4) is 0 Å². The summed E-state index contributed by atoms with van der Waals surface area (Å²) in [5, 5.41) is 0. The average Bonchev–Trinajstić information content (AvgIpc) is 2.35. The van der Waals surface area contributed by atoms with Gasteiger partial charge in [0, 0.05) is 18.1 Å². The maximum absolute atomic E-state index is 6.20. The van der Waals surface area contributed by atoms with Crippen molar-refractivity contribution in [2.75, 3.05) is 6.54 Å². The van der Waals surface area contributed by atoms with Gasteiger partial charge in [-0.3, -0.25) is 4.90 Å². The Labute approximate surface area is 106 Å². The molecule has 0 fully saturated rings. The first kappa shape index (κ1) is 14.2. The molecule has 17 heavy (non-hydrogen) atoms. The van der Waals surface area contributed by atoms with E-state index < -0.39 is 0 Å². The fraction of sp³-hybridized carbons (Fsp3) is 0.600. The highest BCUT2D eigenvalue weighted by molar-refractivity contribution is 5.20. The minimum absolute atomic E-state index is 0.145. The zero-order valence-electron chi connectivity index (χ0n) is 11.6. The van der Waals surface area contributed by atoms with Crippen LogP contribution in [-0.2, 0) is 0 Å². The Bertz CT molecular complexity index is 308. The van der Waals surface area contributed by atoms with Crippen LogP contribution in [0, 0.1) is 0 Å². The highest BCUT2D eigenvalue weighted by Gasteiger charge is 2.25. The van der Waals surface area contributed by atoms with E-state index in [1.54, 1.807) is 0 Å². The van der Waals surface area contributed by atoms with Gasteiger partial charge in [0.2, 0.25) is 0 Å². The van der Waals surface area contributed by atoms with E-state index in [1.165, 1.54) is 5.56 Å². The molecule has 96 valence electrons. The van der Waals surface area contributed by atoms with Crippen LogP contribution in [0.3, 0.4) is 0 Å². The largest absolute Gasteiger partial charge is 0.326 e. The third-order valence-electron chi connectivity index (χ3n) is 3.52. The summed E-state index contributed by atoms with van der Waals surface area (Å²) in [4.78, 5) is 2.50. The Hall–Kier alpha value is -0.860. The van der Waals surface area contributed by atoms with Crippen LogP contribution >= 0.6 is 0 Å². The molecule has 0 bridgehead atoms. The van der Waals surface area contributed by atoms with Gasteiger partial charge in [-0.15, -0.1) is 0 Å². The lowest BCUT2D eigenvalue weighted by molar-refractivity contribution is 0.131. The van der Waals surface area contributed by atoms with Crippen molar-refractivity contribution in [2.45, 2.75) is 52.2 Å². The number of nitrogens with zero attached hydrogens (tertiary/aromatic N) is 1. The second-order valence-electron chi connectivity index (χ2n) is 4.80. The van der Waals surface area contributed by atoms with Crippen molar-refractivity contribution in [1.29, 1.82) is 0 Å². The van der Waals surface area contributed by atoms with Gasteiger partial charge >= 0.3 is 0 Å². The Morgan fingerprint density at radius 1 is 1.12 bits per heavy atom. The topological polar surface area (TPSA) is 29.3 Å². The molecule has 2 nitrogen and oxygen atoms in total. The van der Waals surface area contributed by atoms with Gasteiger partial charge in [-0.1, -0.05) is 44.2 Å². The molecule has 0 aromatic heterocycles. The van der Waals surface area contributed by atoms with E-state index in [0.29, 0.717) is 12.1 Å². The van der Waals surface area contributed by atoms with Crippen molar-refractivity contribution in [3.63, 3.8) is 0 Å². The van der Waals surface area contributed by atoms with Crippen LogP contribution in [0.4, 0.5) is 0 Å². The van der Waals surface area contributed by atoms with Crippen LogP contribution in [0.25, 0.3) is 0 Å². The summed E-state index contributed by atoms with van der Waals surface area (Å²) >= 11 is 0. The Morgan fingerprint density at radius 2 is 1.71 bits per heavy atom. The minimum atomic E-state index is 0.145. The predicted octanol–water partition coefficient (Wildman–Crippen LogP) is 3.20. The van der Waals surface area contributed by atoms with Crippen LogP contribution in [0.5, 0.6) is 0 Å². The van der Waals surface area contributed by atoms with Crippen LogP contribution in [0.15, 0.2) is 30.3 Å². The van der Waals surface area contributed by atoms with Gasteiger partial charge in [0.15, 0.2) is 0 Å². The second-order valence-corrected chi connectivity index (χ2v) is 4.80. The molecule has 0 saturated heterocycles. The van der Waals surface area contributed by atoms with Crippen molar-refractivity contribution in [3.05, 3.63) is 35.9 Å². The Balaban J connectivity index is 2.99. The van der Waals surface area contributed by atoms with Crippen molar-refractivity contribution < 1.29 is 0 Å². The average molecular weight is 234 g/mol. The smallest absolute Gasteiger partial charge is 0.0499 e. The van der Waals surface area contributed by atoms with Crippen molar-refractivity contribution in [1.82, 2.24) is 4.90 Å². The zero-order valence-corrected chi connectivity index (χ0v) is 11.6. The highest BCUT2D eigenvalue weighted by atomic mass is 15.2. The van der Waals surface area contributed by atoms with Gasteiger partial charge in [-0.2, -0.15) is 0 Å². The molecule has 0 saturated carbocycles. The predicted molar refractivity (Wildman–Crippen MR) is 75.0 cm³/mol. The van der Waals surface area contributed by atoms with Gasteiger partial charge in [0.1, 0.15) is 0 Å². The fourth-order valence-corrected chi connectivity index (χ4v) is 2.46. The molecule has 2 N–H and O–H groups in total. The first-order valence-electron chi connectivity index (χ1n) is 6.68. The highest BCUT2D eigenvalue weighted by Crippen LogP contribution is 2.26. The molecule has 0 heterocycles. The van der Waals surface area contributed by atoms with Gasteiger partial charge in [-0.05, 0) is 32.4 Å². The molecule has 0 aliphatic carbocycles. The number of hydrogen-bond acceptors (Lipinski definition) is 2. The summed E-state index contributed by atoms with van der Waals surface area (Å²) < 4.78 is 0. The summed E-state index contributed by atoms with van der Waals surface area (Å²) in [6.45, 7) is 9.86.